The molecule has 0 fully saturated rings. The molecular weight excluding hydrogens is 318 g/mol. The van der Waals surface area contributed by atoms with Crippen LogP contribution < -0.4 is 4.90 Å². The largest absolute Gasteiger partial charge is 0.329 e. The molecule has 0 atom stereocenters. The number of aromatic nitrogens is 3. The Kier molecular flexibility index (Phi) is 3.78. The molecule has 1 aromatic carbocycles. The summed E-state index contributed by atoms with van der Waals surface area (Å²) in [6.07, 6.45) is 1.64. The van der Waals surface area contributed by atoms with Crippen LogP contribution in [0, 0.1) is 0 Å². The van der Waals surface area contributed by atoms with Crippen LogP contribution >= 0.6 is 0 Å². The van der Waals surface area contributed by atoms with Crippen LogP contribution in [0.4, 0.5) is 5.69 Å². The van der Waals surface area contributed by atoms with Crippen molar-refractivity contribution < 1.29 is 9.59 Å². The number of fused-ring (bicyclic) bond motifs is 2. The highest BCUT2D eigenvalue weighted by molar-refractivity contribution is 5.97. The highest BCUT2D eigenvalue weighted by Gasteiger charge is 2.27. The first-order valence-corrected chi connectivity index (χ1v) is 8.69. The van der Waals surface area contributed by atoms with E-state index in [0.29, 0.717) is 25.2 Å². The number of amides is 2. The minimum atomic E-state index is 0.0105. The molecule has 0 aliphatic carbocycles. The average Bonchev–Trinajstić information content (AvgIpc) is 3.23. The van der Waals surface area contributed by atoms with Crippen LogP contribution in [0.5, 0.6) is 0 Å². The molecule has 7 nitrogen and oxygen atoms in total. The number of anilines is 1. The van der Waals surface area contributed by atoms with Crippen molar-refractivity contribution in [2.75, 3.05) is 18.0 Å². The molecule has 25 heavy (non-hydrogen) atoms. The van der Waals surface area contributed by atoms with Crippen molar-refractivity contribution >= 4 is 17.5 Å². The van der Waals surface area contributed by atoms with Gasteiger partial charge >= 0.3 is 0 Å². The van der Waals surface area contributed by atoms with E-state index >= 15 is 0 Å². The summed E-state index contributed by atoms with van der Waals surface area (Å²) in [5.41, 5.74) is 2.66. The summed E-state index contributed by atoms with van der Waals surface area (Å²) in [6.45, 7) is 6.21. The van der Waals surface area contributed by atoms with E-state index in [-0.39, 0.29) is 11.8 Å². The average molecular weight is 339 g/mol. The van der Waals surface area contributed by atoms with Crippen LogP contribution in [0.25, 0.3) is 0 Å². The Hall–Kier alpha value is -2.70. The van der Waals surface area contributed by atoms with Gasteiger partial charge in [0.05, 0.1) is 6.54 Å². The maximum atomic E-state index is 12.9. The standard InChI is InChI=1S/C18H21N5O2/c1-3-16-19-20-17-11-21(8-9-23(16)17)18(25)14-4-5-15-13(10-14)6-7-22(15)12(2)24/h4-5,10H,3,6-9,11H2,1-2H3. The van der Waals surface area contributed by atoms with Gasteiger partial charge in [-0.1, -0.05) is 6.92 Å². The predicted molar refractivity (Wildman–Crippen MR) is 92.3 cm³/mol. The number of nitrogens with zero attached hydrogens (tertiary/aromatic N) is 5. The van der Waals surface area contributed by atoms with Crippen molar-refractivity contribution in [2.45, 2.75) is 39.8 Å². The summed E-state index contributed by atoms with van der Waals surface area (Å²) in [7, 11) is 0. The normalized spacial score (nSPS) is 15.9. The van der Waals surface area contributed by atoms with Gasteiger partial charge in [0.2, 0.25) is 5.91 Å². The van der Waals surface area contributed by atoms with Gasteiger partial charge in [0.15, 0.2) is 5.82 Å². The van der Waals surface area contributed by atoms with E-state index in [4.69, 9.17) is 0 Å². The molecule has 7 heteroatoms. The van der Waals surface area contributed by atoms with Gasteiger partial charge in [-0.25, -0.2) is 0 Å². The number of benzene rings is 1. The Morgan fingerprint density at radius 1 is 1.16 bits per heavy atom. The second kappa shape index (κ2) is 5.98. The minimum Gasteiger partial charge on any atom is -0.329 e. The molecule has 3 heterocycles. The molecule has 1 aromatic heterocycles. The third kappa shape index (κ3) is 2.59. The van der Waals surface area contributed by atoms with Gasteiger partial charge in [0.25, 0.3) is 5.91 Å². The predicted octanol–water partition coefficient (Wildman–Crippen LogP) is 1.41. The zero-order chi connectivity index (χ0) is 17.6. The molecule has 4 rings (SSSR count). The second-order valence-electron chi connectivity index (χ2n) is 6.53. The summed E-state index contributed by atoms with van der Waals surface area (Å²) < 4.78 is 2.11. The number of carbonyl (C=O) groups excluding carboxylic acids is 2. The molecule has 0 spiro atoms. The number of hydrogen-bond acceptors (Lipinski definition) is 4. The Morgan fingerprint density at radius 2 is 2.00 bits per heavy atom. The van der Waals surface area contributed by atoms with Crippen molar-refractivity contribution in [3.63, 3.8) is 0 Å². The quantitative estimate of drug-likeness (QED) is 0.829. The Bertz CT molecular complexity index is 857. The number of aryl methyl sites for hydroxylation is 1. The summed E-state index contributed by atoms with van der Waals surface area (Å²) in [4.78, 5) is 28.1. The Morgan fingerprint density at radius 3 is 2.76 bits per heavy atom. The first-order chi connectivity index (χ1) is 12.1. The first kappa shape index (κ1) is 15.8. The Balaban J connectivity index is 1.55. The molecular formula is C18H21N5O2. The lowest BCUT2D eigenvalue weighted by Crippen LogP contribution is -2.38. The fourth-order valence-corrected chi connectivity index (χ4v) is 3.70. The molecule has 0 bridgehead atoms. The van der Waals surface area contributed by atoms with Gasteiger partial charge in [-0.2, -0.15) is 0 Å². The lowest BCUT2D eigenvalue weighted by molar-refractivity contribution is -0.116. The summed E-state index contributed by atoms with van der Waals surface area (Å²) >= 11 is 0. The zero-order valence-corrected chi connectivity index (χ0v) is 14.5. The third-order valence-corrected chi connectivity index (χ3v) is 5.04. The third-order valence-electron chi connectivity index (χ3n) is 5.04. The van der Waals surface area contributed by atoms with Crippen LogP contribution in [0.2, 0.25) is 0 Å². The van der Waals surface area contributed by atoms with Crippen LogP contribution in [-0.4, -0.2) is 44.6 Å². The van der Waals surface area contributed by atoms with E-state index < -0.39 is 0 Å². The highest BCUT2D eigenvalue weighted by atomic mass is 16.2. The van der Waals surface area contributed by atoms with Crippen LogP contribution in [0.15, 0.2) is 18.2 Å². The lowest BCUT2D eigenvalue weighted by atomic mass is 10.1. The fourth-order valence-electron chi connectivity index (χ4n) is 3.70. The maximum absolute atomic E-state index is 12.9. The Labute approximate surface area is 146 Å². The van der Waals surface area contributed by atoms with Gasteiger partial charge in [-0.3, -0.25) is 9.59 Å². The summed E-state index contributed by atoms with van der Waals surface area (Å²) in [5, 5.41) is 8.41. The number of carbonyl (C=O) groups is 2. The second-order valence-corrected chi connectivity index (χ2v) is 6.53. The smallest absolute Gasteiger partial charge is 0.254 e. The fraction of sp³-hybridized carbons (Fsp3) is 0.444. The zero-order valence-electron chi connectivity index (χ0n) is 14.5. The molecule has 2 aliphatic rings. The molecule has 0 saturated heterocycles. The topological polar surface area (TPSA) is 71.3 Å². The van der Waals surface area contributed by atoms with Gasteiger partial charge < -0.3 is 14.4 Å². The summed E-state index contributed by atoms with van der Waals surface area (Å²) in [6, 6.07) is 5.63. The highest BCUT2D eigenvalue weighted by Crippen LogP contribution is 2.29. The minimum absolute atomic E-state index is 0.0105. The van der Waals surface area contributed by atoms with Gasteiger partial charge in [0, 0.05) is 44.2 Å². The molecule has 0 unspecified atom stereocenters. The SMILES string of the molecule is CCc1nnc2n1CCN(C(=O)c1ccc3c(c1)CCN3C(C)=O)C2. The molecule has 0 N–H and O–H groups in total. The van der Waals surface area contributed by atoms with Crippen molar-refractivity contribution in [1.82, 2.24) is 19.7 Å². The molecule has 130 valence electrons. The van der Waals surface area contributed by atoms with Crippen LogP contribution in [0.1, 0.15) is 41.4 Å². The van der Waals surface area contributed by atoms with Gasteiger partial charge in [-0.15, -0.1) is 10.2 Å². The van der Waals surface area contributed by atoms with E-state index in [0.717, 1.165) is 42.3 Å². The lowest BCUT2D eigenvalue weighted by Gasteiger charge is -2.28. The van der Waals surface area contributed by atoms with E-state index in [1.54, 1.807) is 11.8 Å². The number of hydrogen-bond donors (Lipinski definition) is 0. The molecule has 0 saturated carbocycles. The van der Waals surface area contributed by atoms with Crippen LogP contribution in [0.3, 0.4) is 0 Å². The molecule has 2 aromatic rings. The maximum Gasteiger partial charge on any atom is 0.254 e. The first-order valence-electron chi connectivity index (χ1n) is 8.69. The van der Waals surface area contributed by atoms with Crippen molar-refractivity contribution in [3.05, 3.63) is 41.0 Å². The van der Waals surface area contributed by atoms with Gasteiger partial charge in [0.1, 0.15) is 5.82 Å². The van der Waals surface area contributed by atoms with E-state index in [1.165, 1.54) is 0 Å². The van der Waals surface area contributed by atoms with E-state index in [2.05, 4.69) is 21.7 Å². The molecule has 0 radical (unpaired) electrons. The van der Waals surface area contributed by atoms with Crippen molar-refractivity contribution in [1.29, 1.82) is 0 Å². The summed E-state index contributed by atoms with van der Waals surface area (Å²) in [5.74, 6) is 1.88. The van der Waals surface area contributed by atoms with Gasteiger partial charge in [-0.05, 0) is 30.2 Å². The number of rotatable bonds is 2. The molecule has 2 amide bonds. The monoisotopic (exact) mass is 339 g/mol. The van der Waals surface area contributed by atoms with E-state index in [9.17, 15) is 9.59 Å². The van der Waals surface area contributed by atoms with E-state index in [1.807, 2.05) is 23.1 Å². The van der Waals surface area contributed by atoms with Crippen molar-refractivity contribution in [3.8, 4) is 0 Å². The van der Waals surface area contributed by atoms with Crippen molar-refractivity contribution in [2.24, 2.45) is 0 Å². The van der Waals surface area contributed by atoms with Crippen LogP contribution in [-0.2, 0) is 30.7 Å². The molecule has 2 aliphatic heterocycles.